The van der Waals surface area contributed by atoms with Gasteiger partial charge in [0.2, 0.25) is 0 Å². The zero-order valence-electron chi connectivity index (χ0n) is 9.10. The van der Waals surface area contributed by atoms with Crippen molar-refractivity contribution in [1.29, 1.82) is 0 Å². The molecule has 0 heterocycles. The molecule has 0 aliphatic heterocycles. The zero-order chi connectivity index (χ0) is 11.6. The van der Waals surface area contributed by atoms with Gasteiger partial charge in [-0.2, -0.15) is 0 Å². The standard InChI is InChI=1S/C12H14F2O/c1-12(2,3)7-10(15)8-5-4-6-9(13)11(8)14/h4-6H,7H2,1-3H3. The van der Waals surface area contributed by atoms with Gasteiger partial charge in [0.15, 0.2) is 17.4 Å². The lowest BCUT2D eigenvalue weighted by Gasteiger charge is -2.16. The molecule has 0 unspecified atom stereocenters. The lowest BCUT2D eigenvalue weighted by atomic mass is 9.88. The van der Waals surface area contributed by atoms with Crippen LogP contribution in [0, 0.1) is 17.0 Å². The van der Waals surface area contributed by atoms with E-state index in [2.05, 4.69) is 0 Å². The summed E-state index contributed by atoms with van der Waals surface area (Å²) in [6.45, 7) is 5.63. The van der Waals surface area contributed by atoms with Crippen LogP contribution in [0.2, 0.25) is 0 Å². The molecule has 0 spiro atoms. The Morgan fingerprint density at radius 1 is 1.27 bits per heavy atom. The minimum Gasteiger partial charge on any atom is -0.294 e. The first-order valence-electron chi connectivity index (χ1n) is 4.78. The van der Waals surface area contributed by atoms with E-state index in [1.54, 1.807) is 0 Å². The molecular weight excluding hydrogens is 198 g/mol. The molecule has 0 amide bonds. The second-order valence-corrected chi connectivity index (χ2v) is 4.76. The minimum absolute atomic E-state index is 0.162. The third-order valence-corrected chi connectivity index (χ3v) is 1.94. The number of carbonyl (C=O) groups excluding carboxylic acids is 1. The molecule has 0 saturated heterocycles. The lowest BCUT2D eigenvalue weighted by Crippen LogP contribution is -2.14. The summed E-state index contributed by atoms with van der Waals surface area (Å²) in [5.41, 5.74) is -0.388. The predicted molar refractivity (Wildman–Crippen MR) is 54.8 cm³/mol. The SMILES string of the molecule is CC(C)(C)CC(=O)c1cccc(F)c1F. The molecule has 0 fully saturated rings. The molecular formula is C12H14F2O. The molecule has 15 heavy (non-hydrogen) atoms. The van der Waals surface area contributed by atoms with E-state index < -0.39 is 11.6 Å². The summed E-state index contributed by atoms with van der Waals surface area (Å²) in [6, 6.07) is 3.66. The van der Waals surface area contributed by atoms with E-state index in [9.17, 15) is 13.6 Å². The number of hydrogen-bond donors (Lipinski definition) is 0. The van der Waals surface area contributed by atoms with Crippen molar-refractivity contribution in [2.75, 3.05) is 0 Å². The average Bonchev–Trinajstić information content (AvgIpc) is 2.06. The number of Topliss-reactive ketones (excluding diaryl/α,β-unsaturated/α-hetero) is 1. The van der Waals surface area contributed by atoms with Crippen LogP contribution in [-0.2, 0) is 0 Å². The van der Waals surface area contributed by atoms with E-state index in [1.165, 1.54) is 12.1 Å². The highest BCUT2D eigenvalue weighted by Gasteiger charge is 2.21. The van der Waals surface area contributed by atoms with Crippen molar-refractivity contribution >= 4 is 5.78 Å². The van der Waals surface area contributed by atoms with Crippen molar-refractivity contribution in [3.8, 4) is 0 Å². The van der Waals surface area contributed by atoms with Crippen LogP contribution < -0.4 is 0 Å². The normalized spacial score (nSPS) is 11.5. The van der Waals surface area contributed by atoms with E-state index in [0.29, 0.717) is 0 Å². The topological polar surface area (TPSA) is 17.1 Å². The van der Waals surface area contributed by atoms with Crippen molar-refractivity contribution in [3.63, 3.8) is 0 Å². The van der Waals surface area contributed by atoms with E-state index in [0.717, 1.165) is 6.07 Å². The van der Waals surface area contributed by atoms with Gasteiger partial charge in [-0.1, -0.05) is 26.8 Å². The summed E-state index contributed by atoms with van der Waals surface area (Å²) in [5, 5.41) is 0. The number of rotatable bonds is 2. The molecule has 1 aromatic carbocycles. The third-order valence-electron chi connectivity index (χ3n) is 1.94. The first-order chi connectivity index (χ1) is 6.81. The van der Waals surface area contributed by atoms with Gasteiger partial charge in [0, 0.05) is 6.42 Å². The Hall–Kier alpha value is -1.25. The molecule has 0 N–H and O–H groups in total. The fourth-order valence-corrected chi connectivity index (χ4v) is 1.30. The number of benzene rings is 1. The number of hydrogen-bond acceptors (Lipinski definition) is 1. The summed E-state index contributed by atoms with van der Waals surface area (Å²) in [5.74, 6) is -2.39. The Morgan fingerprint density at radius 3 is 2.40 bits per heavy atom. The maximum absolute atomic E-state index is 13.2. The first kappa shape index (κ1) is 11.8. The van der Waals surface area contributed by atoms with Crippen LogP contribution in [0.5, 0.6) is 0 Å². The number of ketones is 1. The predicted octanol–water partition coefficient (Wildman–Crippen LogP) is 3.58. The maximum Gasteiger partial charge on any atom is 0.169 e. The van der Waals surface area contributed by atoms with Gasteiger partial charge >= 0.3 is 0 Å². The van der Waals surface area contributed by atoms with Crippen LogP contribution in [0.15, 0.2) is 18.2 Å². The van der Waals surface area contributed by atoms with Crippen molar-refractivity contribution in [2.24, 2.45) is 5.41 Å². The van der Waals surface area contributed by atoms with Crippen molar-refractivity contribution in [3.05, 3.63) is 35.4 Å². The average molecular weight is 212 g/mol. The Bertz CT molecular complexity index is 378. The van der Waals surface area contributed by atoms with Gasteiger partial charge in [-0.15, -0.1) is 0 Å². The monoisotopic (exact) mass is 212 g/mol. The number of halogens is 2. The third kappa shape index (κ3) is 3.11. The summed E-state index contributed by atoms with van der Waals surface area (Å²) in [4.78, 5) is 11.6. The summed E-state index contributed by atoms with van der Waals surface area (Å²) >= 11 is 0. The van der Waals surface area contributed by atoms with Gasteiger partial charge < -0.3 is 0 Å². The van der Waals surface area contributed by atoms with Crippen molar-refractivity contribution in [2.45, 2.75) is 27.2 Å². The fraction of sp³-hybridized carbons (Fsp3) is 0.417. The Balaban J connectivity index is 2.97. The van der Waals surface area contributed by atoms with Crippen molar-refractivity contribution in [1.82, 2.24) is 0 Å². The maximum atomic E-state index is 13.2. The Kier molecular flexibility index (Phi) is 3.22. The van der Waals surface area contributed by atoms with E-state index >= 15 is 0 Å². The molecule has 0 atom stereocenters. The molecule has 0 bridgehead atoms. The number of carbonyl (C=O) groups is 1. The Labute approximate surface area is 88.1 Å². The van der Waals surface area contributed by atoms with Crippen molar-refractivity contribution < 1.29 is 13.6 Å². The zero-order valence-corrected chi connectivity index (χ0v) is 9.10. The van der Waals surface area contributed by atoms with Gasteiger partial charge in [-0.25, -0.2) is 8.78 Å². The second-order valence-electron chi connectivity index (χ2n) is 4.76. The van der Waals surface area contributed by atoms with Gasteiger partial charge in [-0.3, -0.25) is 4.79 Å². The van der Waals surface area contributed by atoms with Crippen LogP contribution in [0.25, 0.3) is 0 Å². The van der Waals surface area contributed by atoms with E-state index in [4.69, 9.17) is 0 Å². The molecule has 0 aromatic heterocycles. The molecule has 0 radical (unpaired) electrons. The molecule has 0 saturated carbocycles. The minimum atomic E-state index is -1.05. The highest BCUT2D eigenvalue weighted by Crippen LogP contribution is 2.23. The van der Waals surface area contributed by atoms with Gasteiger partial charge in [0.25, 0.3) is 0 Å². The van der Waals surface area contributed by atoms with E-state index in [-0.39, 0.29) is 23.2 Å². The summed E-state index contributed by atoms with van der Waals surface area (Å²) in [6.07, 6.45) is 0.202. The highest BCUT2D eigenvalue weighted by molar-refractivity contribution is 5.96. The fourth-order valence-electron chi connectivity index (χ4n) is 1.30. The summed E-state index contributed by atoms with van der Waals surface area (Å²) in [7, 11) is 0. The Morgan fingerprint density at radius 2 is 1.87 bits per heavy atom. The summed E-state index contributed by atoms with van der Waals surface area (Å²) < 4.78 is 26.1. The van der Waals surface area contributed by atoms with E-state index in [1.807, 2.05) is 20.8 Å². The van der Waals surface area contributed by atoms with Crippen LogP contribution in [-0.4, -0.2) is 5.78 Å². The molecule has 82 valence electrons. The molecule has 1 aromatic rings. The lowest BCUT2D eigenvalue weighted by molar-refractivity contribution is 0.0935. The van der Waals surface area contributed by atoms with Crippen LogP contribution in [0.3, 0.4) is 0 Å². The smallest absolute Gasteiger partial charge is 0.169 e. The van der Waals surface area contributed by atoms with Gasteiger partial charge in [0.1, 0.15) is 0 Å². The quantitative estimate of drug-likeness (QED) is 0.685. The van der Waals surface area contributed by atoms with Crippen LogP contribution >= 0.6 is 0 Å². The largest absolute Gasteiger partial charge is 0.294 e. The van der Waals surface area contributed by atoms with Gasteiger partial charge in [-0.05, 0) is 17.5 Å². The second kappa shape index (κ2) is 4.09. The van der Waals surface area contributed by atoms with Gasteiger partial charge in [0.05, 0.1) is 5.56 Å². The molecule has 0 aliphatic carbocycles. The molecule has 3 heteroatoms. The molecule has 1 nitrogen and oxygen atoms in total. The highest BCUT2D eigenvalue weighted by atomic mass is 19.2. The molecule has 0 aliphatic rings. The van der Waals surface area contributed by atoms with Crippen LogP contribution in [0.1, 0.15) is 37.6 Å². The first-order valence-corrected chi connectivity index (χ1v) is 4.78. The van der Waals surface area contributed by atoms with Crippen LogP contribution in [0.4, 0.5) is 8.78 Å². The molecule has 1 rings (SSSR count).